The molecule has 0 spiro atoms. The van der Waals surface area contributed by atoms with Crippen molar-refractivity contribution in [1.82, 2.24) is 9.78 Å². The van der Waals surface area contributed by atoms with Crippen LogP contribution in [0, 0.1) is 0 Å². The quantitative estimate of drug-likeness (QED) is 0.742. The predicted octanol–water partition coefficient (Wildman–Crippen LogP) is 0.680. The van der Waals surface area contributed by atoms with Crippen molar-refractivity contribution in [3.63, 3.8) is 0 Å². The van der Waals surface area contributed by atoms with Gasteiger partial charge < -0.3 is 10.8 Å². The third kappa shape index (κ3) is 1.67. The van der Waals surface area contributed by atoms with Gasteiger partial charge in [0, 0.05) is 24.2 Å². The van der Waals surface area contributed by atoms with Gasteiger partial charge in [0.1, 0.15) is 0 Å². The molecule has 1 atom stereocenters. The lowest BCUT2D eigenvalue weighted by molar-refractivity contribution is 0.169. The molecule has 3 N–H and O–H groups in total. The van der Waals surface area contributed by atoms with Crippen molar-refractivity contribution in [2.24, 2.45) is 12.8 Å². The van der Waals surface area contributed by atoms with Crippen LogP contribution in [0.2, 0.25) is 0 Å². The van der Waals surface area contributed by atoms with Crippen LogP contribution in [0.5, 0.6) is 0 Å². The second-order valence-corrected chi connectivity index (χ2v) is 3.98. The molecule has 1 heterocycles. The van der Waals surface area contributed by atoms with Gasteiger partial charge in [0.15, 0.2) is 0 Å². The SMILES string of the molecule is Cn1ncc(C(O)CCN)c1C1CC1. The average molecular weight is 195 g/mol. The van der Waals surface area contributed by atoms with E-state index in [4.69, 9.17) is 5.73 Å². The summed E-state index contributed by atoms with van der Waals surface area (Å²) in [6, 6.07) is 0. The summed E-state index contributed by atoms with van der Waals surface area (Å²) in [4.78, 5) is 0. The van der Waals surface area contributed by atoms with Crippen LogP contribution in [0.25, 0.3) is 0 Å². The Morgan fingerprint density at radius 3 is 3.00 bits per heavy atom. The molecule has 1 aliphatic rings. The van der Waals surface area contributed by atoms with E-state index in [1.165, 1.54) is 18.5 Å². The van der Waals surface area contributed by atoms with Crippen molar-refractivity contribution in [3.05, 3.63) is 17.5 Å². The molecule has 78 valence electrons. The van der Waals surface area contributed by atoms with Crippen LogP contribution in [-0.4, -0.2) is 21.4 Å². The molecule has 0 amide bonds. The summed E-state index contributed by atoms with van der Waals surface area (Å²) < 4.78 is 1.88. The number of hydrogen-bond acceptors (Lipinski definition) is 3. The summed E-state index contributed by atoms with van der Waals surface area (Å²) in [6.07, 6.45) is 4.40. The van der Waals surface area contributed by atoms with Gasteiger partial charge in [0.05, 0.1) is 12.3 Å². The summed E-state index contributed by atoms with van der Waals surface area (Å²) >= 11 is 0. The van der Waals surface area contributed by atoms with Gasteiger partial charge in [0.2, 0.25) is 0 Å². The topological polar surface area (TPSA) is 64.1 Å². The molecule has 0 aromatic carbocycles. The summed E-state index contributed by atoms with van der Waals surface area (Å²) in [5.74, 6) is 0.616. The minimum atomic E-state index is -0.440. The summed E-state index contributed by atoms with van der Waals surface area (Å²) in [5.41, 5.74) is 7.60. The number of nitrogens with two attached hydrogens (primary N) is 1. The molecular formula is C10H17N3O. The van der Waals surface area contributed by atoms with Gasteiger partial charge in [0.25, 0.3) is 0 Å². The summed E-state index contributed by atoms with van der Waals surface area (Å²) in [5, 5.41) is 14.1. The fraction of sp³-hybridized carbons (Fsp3) is 0.700. The molecule has 1 aromatic heterocycles. The molecule has 4 nitrogen and oxygen atoms in total. The highest BCUT2D eigenvalue weighted by molar-refractivity contribution is 5.27. The number of aryl methyl sites for hydroxylation is 1. The first-order valence-corrected chi connectivity index (χ1v) is 5.14. The van der Waals surface area contributed by atoms with Crippen LogP contribution in [0.4, 0.5) is 0 Å². The lowest BCUT2D eigenvalue weighted by Crippen LogP contribution is -2.08. The number of aromatic nitrogens is 2. The van der Waals surface area contributed by atoms with Gasteiger partial charge in [-0.05, 0) is 25.8 Å². The van der Waals surface area contributed by atoms with E-state index in [0.717, 1.165) is 5.56 Å². The first-order chi connectivity index (χ1) is 6.74. The van der Waals surface area contributed by atoms with Gasteiger partial charge >= 0.3 is 0 Å². The van der Waals surface area contributed by atoms with E-state index in [2.05, 4.69) is 5.10 Å². The van der Waals surface area contributed by atoms with Crippen LogP contribution in [0.3, 0.4) is 0 Å². The highest BCUT2D eigenvalue weighted by Crippen LogP contribution is 2.42. The highest BCUT2D eigenvalue weighted by Gasteiger charge is 2.31. The molecule has 14 heavy (non-hydrogen) atoms. The van der Waals surface area contributed by atoms with Crippen molar-refractivity contribution >= 4 is 0 Å². The fourth-order valence-electron chi connectivity index (χ4n) is 1.89. The first-order valence-electron chi connectivity index (χ1n) is 5.14. The molecular weight excluding hydrogens is 178 g/mol. The Morgan fingerprint density at radius 2 is 2.43 bits per heavy atom. The first kappa shape index (κ1) is 9.68. The van der Waals surface area contributed by atoms with Gasteiger partial charge in [-0.2, -0.15) is 5.10 Å². The van der Waals surface area contributed by atoms with Crippen molar-refractivity contribution < 1.29 is 5.11 Å². The maximum atomic E-state index is 9.86. The summed E-state index contributed by atoms with van der Waals surface area (Å²) in [7, 11) is 1.94. The van der Waals surface area contributed by atoms with Crippen LogP contribution < -0.4 is 5.73 Å². The Bertz CT molecular complexity index is 317. The van der Waals surface area contributed by atoms with E-state index in [1.807, 2.05) is 11.7 Å². The number of hydrogen-bond donors (Lipinski definition) is 2. The van der Waals surface area contributed by atoms with Crippen LogP contribution >= 0.6 is 0 Å². The Labute approximate surface area is 83.7 Å². The van der Waals surface area contributed by atoms with Crippen LogP contribution in [-0.2, 0) is 7.05 Å². The zero-order chi connectivity index (χ0) is 10.1. The van der Waals surface area contributed by atoms with Gasteiger partial charge in [-0.1, -0.05) is 0 Å². The second-order valence-electron chi connectivity index (χ2n) is 3.98. The van der Waals surface area contributed by atoms with E-state index in [9.17, 15) is 5.11 Å². The fourth-order valence-corrected chi connectivity index (χ4v) is 1.89. The number of nitrogens with zero attached hydrogens (tertiary/aromatic N) is 2. The monoisotopic (exact) mass is 195 g/mol. The molecule has 4 heteroatoms. The zero-order valence-corrected chi connectivity index (χ0v) is 8.48. The number of aliphatic hydroxyl groups is 1. The Kier molecular flexibility index (Phi) is 2.56. The largest absolute Gasteiger partial charge is 0.388 e. The van der Waals surface area contributed by atoms with Gasteiger partial charge in [-0.3, -0.25) is 4.68 Å². The van der Waals surface area contributed by atoms with Crippen molar-refractivity contribution in [1.29, 1.82) is 0 Å². The maximum absolute atomic E-state index is 9.86. The van der Waals surface area contributed by atoms with E-state index in [0.29, 0.717) is 18.9 Å². The molecule has 0 bridgehead atoms. The molecule has 0 radical (unpaired) electrons. The zero-order valence-electron chi connectivity index (χ0n) is 8.48. The lowest BCUT2D eigenvalue weighted by atomic mass is 10.1. The normalized spacial score (nSPS) is 18.5. The minimum Gasteiger partial charge on any atom is -0.388 e. The maximum Gasteiger partial charge on any atom is 0.0835 e. The molecule has 1 fully saturated rings. The molecule has 0 aliphatic heterocycles. The lowest BCUT2D eigenvalue weighted by Gasteiger charge is -2.10. The Balaban J connectivity index is 2.23. The standard InChI is InChI=1S/C10H17N3O/c1-13-10(7-2-3-7)8(6-12-13)9(14)4-5-11/h6-7,9,14H,2-5,11H2,1H3. The Morgan fingerprint density at radius 1 is 1.71 bits per heavy atom. The van der Waals surface area contributed by atoms with E-state index in [-0.39, 0.29) is 0 Å². The second kappa shape index (κ2) is 3.71. The molecule has 1 aromatic rings. The molecule has 1 aliphatic carbocycles. The number of rotatable bonds is 4. The molecule has 2 rings (SSSR count). The van der Waals surface area contributed by atoms with Gasteiger partial charge in [-0.15, -0.1) is 0 Å². The van der Waals surface area contributed by atoms with Crippen molar-refractivity contribution in [2.45, 2.75) is 31.3 Å². The smallest absolute Gasteiger partial charge is 0.0835 e. The third-order valence-electron chi connectivity index (χ3n) is 2.78. The van der Waals surface area contributed by atoms with Crippen molar-refractivity contribution in [2.75, 3.05) is 6.54 Å². The minimum absolute atomic E-state index is 0.440. The number of aliphatic hydroxyl groups excluding tert-OH is 1. The Hall–Kier alpha value is -0.870. The predicted molar refractivity (Wildman–Crippen MR) is 53.8 cm³/mol. The molecule has 0 saturated heterocycles. The van der Waals surface area contributed by atoms with Crippen molar-refractivity contribution in [3.8, 4) is 0 Å². The molecule has 1 unspecified atom stereocenters. The van der Waals surface area contributed by atoms with E-state index < -0.39 is 6.10 Å². The van der Waals surface area contributed by atoms with Crippen LogP contribution in [0.15, 0.2) is 6.20 Å². The van der Waals surface area contributed by atoms with Crippen LogP contribution in [0.1, 0.15) is 42.5 Å². The van der Waals surface area contributed by atoms with Gasteiger partial charge in [-0.25, -0.2) is 0 Å². The third-order valence-corrected chi connectivity index (χ3v) is 2.78. The highest BCUT2D eigenvalue weighted by atomic mass is 16.3. The van der Waals surface area contributed by atoms with E-state index in [1.54, 1.807) is 6.20 Å². The molecule has 1 saturated carbocycles. The van der Waals surface area contributed by atoms with E-state index >= 15 is 0 Å². The summed E-state index contributed by atoms with van der Waals surface area (Å²) in [6.45, 7) is 0.514. The average Bonchev–Trinajstić information content (AvgIpc) is 2.90.